The molecule has 0 spiro atoms. The number of nitrogens with zero attached hydrogens (tertiary/aromatic N) is 4. The van der Waals surface area contributed by atoms with Crippen LogP contribution in [0.15, 0.2) is 0 Å². The fraction of sp³-hybridized carbons (Fsp3) is 0.500. The monoisotopic (exact) mass is 200 g/mol. The highest BCUT2D eigenvalue weighted by atomic mass is 16.4. The van der Waals surface area contributed by atoms with Crippen LogP contribution in [0.5, 0.6) is 0 Å². The molecule has 0 bridgehead atoms. The van der Waals surface area contributed by atoms with Crippen LogP contribution in [0.3, 0.4) is 0 Å². The second kappa shape index (κ2) is 4.30. The summed E-state index contributed by atoms with van der Waals surface area (Å²) in [6.07, 6.45) is -0.00436. The molecule has 8 heteroatoms. The predicted molar refractivity (Wildman–Crippen MR) is 41.4 cm³/mol. The summed E-state index contributed by atoms with van der Waals surface area (Å²) >= 11 is 0. The van der Waals surface area contributed by atoms with E-state index in [9.17, 15) is 9.59 Å². The molecule has 1 aromatic heterocycles. The van der Waals surface area contributed by atoms with Crippen molar-refractivity contribution in [3.05, 3.63) is 5.82 Å². The molecule has 0 atom stereocenters. The molecule has 2 N–H and O–H groups in total. The van der Waals surface area contributed by atoms with Gasteiger partial charge in [-0.25, -0.2) is 4.68 Å². The lowest BCUT2D eigenvalue weighted by molar-refractivity contribution is -0.138. The zero-order valence-electron chi connectivity index (χ0n) is 7.12. The molecule has 1 rings (SSSR count). The van der Waals surface area contributed by atoms with Crippen LogP contribution in [0.1, 0.15) is 12.2 Å². The van der Waals surface area contributed by atoms with Crippen LogP contribution in [0.25, 0.3) is 0 Å². The van der Waals surface area contributed by atoms with Gasteiger partial charge < -0.3 is 10.2 Å². The lowest BCUT2D eigenvalue weighted by Crippen LogP contribution is -2.14. The Hall–Kier alpha value is -1.99. The predicted octanol–water partition coefficient (Wildman–Crippen LogP) is -1.23. The highest BCUT2D eigenvalue weighted by Gasteiger charge is 2.10. The number of carboxylic acids is 2. The molecule has 8 nitrogen and oxygen atoms in total. The number of carboxylic acid groups (broad SMARTS) is 2. The van der Waals surface area contributed by atoms with E-state index < -0.39 is 11.9 Å². The highest BCUT2D eigenvalue weighted by Crippen LogP contribution is 1.97. The molecule has 0 aliphatic heterocycles. The molecular weight excluding hydrogens is 192 g/mol. The number of hydrogen-bond acceptors (Lipinski definition) is 5. The molecular formula is C6H8N4O4. The van der Waals surface area contributed by atoms with Crippen molar-refractivity contribution in [1.82, 2.24) is 20.2 Å². The number of tetrazole rings is 1. The van der Waals surface area contributed by atoms with E-state index in [1.54, 1.807) is 0 Å². The van der Waals surface area contributed by atoms with Gasteiger partial charge in [-0.2, -0.15) is 0 Å². The molecule has 0 unspecified atom stereocenters. The maximum atomic E-state index is 10.3. The summed E-state index contributed by atoms with van der Waals surface area (Å²) in [5.41, 5.74) is 0. The fourth-order valence-corrected chi connectivity index (χ4v) is 0.872. The summed E-state index contributed by atoms with van der Waals surface area (Å²) in [6, 6.07) is 0. The summed E-state index contributed by atoms with van der Waals surface area (Å²) < 4.78 is 1.06. The number of aromatic nitrogens is 4. The molecule has 0 aliphatic rings. The maximum Gasteiger partial charge on any atom is 0.325 e. The Morgan fingerprint density at radius 3 is 2.57 bits per heavy atom. The Morgan fingerprint density at radius 2 is 2.00 bits per heavy atom. The maximum absolute atomic E-state index is 10.3. The van der Waals surface area contributed by atoms with Gasteiger partial charge in [0.05, 0.1) is 6.42 Å². The summed E-state index contributed by atoms with van der Waals surface area (Å²) in [4.78, 5) is 20.6. The average molecular weight is 200 g/mol. The van der Waals surface area contributed by atoms with Gasteiger partial charge >= 0.3 is 11.9 Å². The van der Waals surface area contributed by atoms with E-state index in [1.807, 2.05) is 0 Å². The van der Waals surface area contributed by atoms with E-state index in [2.05, 4.69) is 15.5 Å². The third-order valence-corrected chi connectivity index (χ3v) is 1.45. The first-order valence-corrected chi connectivity index (χ1v) is 3.78. The SMILES string of the molecule is O=C(O)CCc1nnnn1CC(=O)O. The number of aliphatic carboxylic acids is 2. The van der Waals surface area contributed by atoms with Crippen molar-refractivity contribution in [2.24, 2.45) is 0 Å². The van der Waals surface area contributed by atoms with Crippen molar-refractivity contribution in [3.63, 3.8) is 0 Å². The molecule has 76 valence electrons. The minimum Gasteiger partial charge on any atom is -0.481 e. The zero-order chi connectivity index (χ0) is 10.6. The normalized spacial score (nSPS) is 10.0. The van der Waals surface area contributed by atoms with Crippen LogP contribution in [0.2, 0.25) is 0 Å². The summed E-state index contributed by atoms with van der Waals surface area (Å²) in [6.45, 7) is -0.359. The molecule has 0 saturated carbocycles. The first-order chi connectivity index (χ1) is 6.59. The van der Waals surface area contributed by atoms with E-state index in [-0.39, 0.29) is 25.2 Å². The summed E-state index contributed by atoms with van der Waals surface area (Å²) in [5.74, 6) is -1.79. The van der Waals surface area contributed by atoms with Gasteiger partial charge in [0.2, 0.25) is 0 Å². The van der Waals surface area contributed by atoms with Crippen LogP contribution in [0.4, 0.5) is 0 Å². The lowest BCUT2D eigenvalue weighted by atomic mass is 10.3. The first kappa shape index (κ1) is 10.1. The number of carbonyl (C=O) groups is 2. The van der Waals surface area contributed by atoms with E-state index in [0.717, 1.165) is 4.68 Å². The van der Waals surface area contributed by atoms with Crippen LogP contribution in [-0.4, -0.2) is 42.4 Å². The standard InChI is InChI=1S/C6H8N4O4/c11-5(12)2-1-4-7-8-9-10(4)3-6(13)14/h1-3H2,(H,11,12)(H,13,14). The van der Waals surface area contributed by atoms with Crippen LogP contribution >= 0.6 is 0 Å². The third-order valence-electron chi connectivity index (χ3n) is 1.45. The minimum absolute atomic E-state index is 0.121. The van der Waals surface area contributed by atoms with Crippen molar-refractivity contribution < 1.29 is 19.8 Å². The van der Waals surface area contributed by atoms with Gasteiger partial charge in [0.1, 0.15) is 6.54 Å². The Kier molecular flexibility index (Phi) is 3.10. The van der Waals surface area contributed by atoms with E-state index in [0.29, 0.717) is 0 Å². The van der Waals surface area contributed by atoms with Gasteiger partial charge in [-0.1, -0.05) is 0 Å². The highest BCUT2D eigenvalue weighted by molar-refractivity contribution is 5.67. The van der Waals surface area contributed by atoms with Crippen LogP contribution in [-0.2, 0) is 22.6 Å². The molecule has 0 fully saturated rings. The molecule has 0 amide bonds. The Balaban J connectivity index is 2.62. The number of rotatable bonds is 5. The molecule has 1 heterocycles. The Labute approximate surface area is 78.2 Å². The van der Waals surface area contributed by atoms with E-state index in [1.165, 1.54) is 0 Å². The molecule has 0 saturated heterocycles. The smallest absolute Gasteiger partial charge is 0.325 e. The van der Waals surface area contributed by atoms with E-state index in [4.69, 9.17) is 10.2 Å². The fourth-order valence-electron chi connectivity index (χ4n) is 0.872. The molecule has 0 aliphatic carbocycles. The quantitative estimate of drug-likeness (QED) is 0.611. The average Bonchev–Trinajstić information content (AvgIpc) is 2.47. The van der Waals surface area contributed by atoms with Crippen LogP contribution in [0, 0.1) is 0 Å². The van der Waals surface area contributed by atoms with Crippen molar-refractivity contribution in [2.75, 3.05) is 0 Å². The summed E-state index contributed by atoms with van der Waals surface area (Å²) in [5, 5.41) is 27.0. The van der Waals surface area contributed by atoms with Gasteiger partial charge in [0.25, 0.3) is 0 Å². The van der Waals surface area contributed by atoms with Gasteiger partial charge in [-0.05, 0) is 10.4 Å². The largest absolute Gasteiger partial charge is 0.481 e. The Morgan fingerprint density at radius 1 is 1.29 bits per heavy atom. The Bertz CT molecular complexity index is 347. The minimum atomic E-state index is -1.08. The summed E-state index contributed by atoms with van der Waals surface area (Å²) in [7, 11) is 0. The van der Waals surface area contributed by atoms with Gasteiger partial charge in [0, 0.05) is 6.42 Å². The topological polar surface area (TPSA) is 118 Å². The van der Waals surface area contributed by atoms with Gasteiger partial charge in [-0.15, -0.1) is 5.10 Å². The van der Waals surface area contributed by atoms with Crippen molar-refractivity contribution in [1.29, 1.82) is 0 Å². The van der Waals surface area contributed by atoms with Crippen molar-refractivity contribution in [3.8, 4) is 0 Å². The lowest BCUT2D eigenvalue weighted by Gasteiger charge is -1.98. The first-order valence-electron chi connectivity index (χ1n) is 3.78. The van der Waals surface area contributed by atoms with Crippen molar-refractivity contribution >= 4 is 11.9 Å². The van der Waals surface area contributed by atoms with E-state index >= 15 is 0 Å². The number of hydrogen-bond donors (Lipinski definition) is 2. The molecule has 0 aromatic carbocycles. The van der Waals surface area contributed by atoms with Crippen LogP contribution < -0.4 is 0 Å². The molecule has 1 aromatic rings. The zero-order valence-corrected chi connectivity index (χ0v) is 7.12. The third kappa shape index (κ3) is 2.81. The second-order valence-electron chi connectivity index (χ2n) is 2.54. The second-order valence-corrected chi connectivity index (χ2v) is 2.54. The van der Waals surface area contributed by atoms with Gasteiger partial charge in [-0.3, -0.25) is 9.59 Å². The molecule has 14 heavy (non-hydrogen) atoms. The van der Waals surface area contributed by atoms with Crippen molar-refractivity contribution in [2.45, 2.75) is 19.4 Å². The number of aryl methyl sites for hydroxylation is 1. The van der Waals surface area contributed by atoms with Gasteiger partial charge in [0.15, 0.2) is 5.82 Å². The molecule has 0 radical (unpaired) electrons.